The molecule has 0 bridgehead atoms. The van der Waals surface area contributed by atoms with E-state index in [0.717, 1.165) is 11.0 Å². The predicted molar refractivity (Wildman–Crippen MR) is 108 cm³/mol. The van der Waals surface area contributed by atoms with Gasteiger partial charge in [0, 0.05) is 13.1 Å². The van der Waals surface area contributed by atoms with Gasteiger partial charge in [-0.1, -0.05) is 12.1 Å². The minimum Gasteiger partial charge on any atom is -0.379 e. The van der Waals surface area contributed by atoms with E-state index in [-0.39, 0.29) is 10.6 Å². The molecule has 2 heterocycles. The summed E-state index contributed by atoms with van der Waals surface area (Å²) in [6.45, 7) is 1.48. The fourth-order valence-corrected chi connectivity index (χ4v) is 4.36. The van der Waals surface area contributed by atoms with Crippen molar-refractivity contribution in [3.05, 3.63) is 54.4 Å². The number of hydrogen-bond donors (Lipinski definition) is 2. The molecule has 1 aliphatic rings. The van der Waals surface area contributed by atoms with Gasteiger partial charge in [-0.2, -0.15) is 14.7 Å². The number of hydrazone groups is 1. The number of fused-ring (bicyclic) bond motifs is 1. The largest absolute Gasteiger partial charge is 0.379 e. The van der Waals surface area contributed by atoms with Gasteiger partial charge in [-0.15, -0.1) is 0 Å². The number of sulfonamides is 1. The van der Waals surface area contributed by atoms with Gasteiger partial charge in [-0.3, -0.25) is 5.43 Å². The zero-order valence-electron chi connectivity index (χ0n) is 15.4. The van der Waals surface area contributed by atoms with Crippen molar-refractivity contribution < 1.29 is 13.2 Å². The zero-order valence-corrected chi connectivity index (χ0v) is 16.2. The molecule has 0 radical (unpaired) electrons. The maximum Gasteiger partial charge on any atom is 0.243 e. The number of hydrogen-bond acceptors (Lipinski definition) is 7. The Morgan fingerprint density at radius 2 is 1.90 bits per heavy atom. The van der Waals surface area contributed by atoms with Crippen LogP contribution in [0.25, 0.3) is 11.0 Å². The Hall–Kier alpha value is -3.26. The van der Waals surface area contributed by atoms with Crippen LogP contribution in [0.4, 0.5) is 5.69 Å². The van der Waals surface area contributed by atoms with Crippen LogP contribution in [-0.2, 0) is 14.8 Å². The van der Waals surface area contributed by atoms with Crippen molar-refractivity contribution in [2.45, 2.75) is 4.90 Å². The molecule has 1 aromatic heterocycles. The quantitative estimate of drug-likeness (QED) is 0.489. The molecule has 29 heavy (non-hydrogen) atoms. The third-order valence-corrected chi connectivity index (χ3v) is 6.39. The third-order valence-electron chi connectivity index (χ3n) is 4.48. The van der Waals surface area contributed by atoms with Gasteiger partial charge in [0.1, 0.15) is 6.07 Å². The lowest BCUT2D eigenvalue weighted by Gasteiger charge is -2.26. The Morgan fingerprint density at radius 1 is 1.17 bits per heavy atom. The van der Waals surface area contributed by atoms with Crippen LogP contribution in [0.3, 0.4) is 0 Å². The first kappa shape index (κ1) is 19.1. The van der Waals surface area contributed by atoms with Crippen molar-refractivity contribution in [1.29, 1.82) is 5.26 Å². The van der Waals surface area contributed by atoms with Crippen LogP contribution in [0.1, 0.15) is 5.82 Å². The van der Waals surface area contributed by atoms with E-state index in [1.807, 2.05) is 30.3 Å². The highest BCUT2D eigenvalue weighted by molar-refractivity contribution is 7.89. The summed E-state index contributed by atoms with van der Waals surface area (Å²) in [5.74, 6) is 0.354. The molecule has 0 unspecified atom stereocenters. The summed E-state index contributed by atoms with van der Waals surface area (Å²) in [6, 6.07) is 15.7. The highest BCUT2D eigenvalue weighted by Gasteiger charge is 2.26. The van der Waals surface area contributed by atoms with Gasteiger partial charge in [0.05, 0.1) is 34.8 Å². The van der Waals surface area contributed by atoms with E-state index in [4.69, 9.17) is 4.74 Å². The lowest BCUT2D eigenvalue weighted by atomic mass is 10.3. The number of nitrogens with zero attached hydrogens (tertiary/aromatic N) is 4. The number of rotatable bonds is 5. The first-order valence-corrected chi connectivity index (χ1v) is 10.4. The van der Waals surface area contributed by atoms with Crippen molar-refractivity contribution >= 4 is 32.5 Å². The second-order valence-electron chi connectivity index (χ2n) is 6.33. The fraction of sp³-hybridized carbons (Fsp3) is 0.211. The number of anilines is 1. The molecule has 0 spiro atoms. The smallest absolute Gasteiger partial charge is 0.243 e. The molecule has 0 amide bonds. The second kappa shape index (κ2) is 8.00. The summed E-state index contributed by atoms with van der Waals surface area (Å²) in [6.07, 6.45) is 0. The average Bonchev–Trinajstić information content (AvgIpc) is 3.19. The van der Waals surface area contributed by atoms with Gasteiger partial charge in [-0.25, -0.2) is 13.4 Å². The fourth-order valence-electron chi connectivity index (χ4n) is 2.95. The summed E-state index contributed by atoms with van der Waals surface area (Å²) in [5, 5.41) is 13.5. The monoisotopic (exact) mass is 410 g/mol. The summed E-state index contributed by atoms with van der Waals surface area (Å²) in [5.41, 5.74) is 4.96. The Labute approximate surface area is 167 Å². The molecule has 1 saturated heterocycles. The molecule has 0 saturated carbocycles. The topological polar surface area (TPSA) is 123 Å². The molecule has 4 rings (SSSR count). The molecular formula is C19H18N6O3S. The van der Waals surface area contributed by atoms with E-state index in [0.29, 0.717) is 37.8 Å². The standard InChI is InChI=1S/C19H18N6O3S/c20-13-18(19-21-16-3-1-2-4-17(16)22-19)24-23-14-5-7-15(8-6-14)29(26,27)25-9-11-28-12-10-25/h1-8,23H,9-12H2,(H,21,22)/b24-18-. The van der Waals surface area contributed by atoms with E-state index in [1.165, 1.54) is 16.4 Å². The van der Waals surface area contributed by atoms with E-state index < -0.39 is 10.0 Å². The SMILES string of the molecule is N#C/C(=N/Nc1ccc(S(=O)(=O)N2CCOCC2)cc1)c1nc2ccccc2[nH]1. The minimum atomic E-state index is -3.55. The van der Waals surface area contributed by atoms with Crippen molar-refractivity contribution in [2.75, 3.05) is 31.7 Å². The molecule has 0 atom stereocenters. The number of aromatic amines is 1. The molecule has 0 aliphatic carbocycles. The van der Waals surface area contributed by atoms with Crippen LogP contribution in [0.5, 0.6) is 0 Å². The Balaban J connectivity index is 1.51. The van der Waals surface area contributed by atoms with Gasteiger partial charge in [0.25, 0.3) is 0 Å². The number of ether oxygens (including phenoxy) is 1. The van der Waals surface area contributed by atoms with E-state index >= 15 is 0 Å². The number of benzene rings is 2. The van der Waals surface area contributed by atoms with E-state index in [9.17, 15) is 13.7 Å². The summed E-state index contributed by atoms with van der Waals surface area (Å²) in [4.78, 5) is 7.60. The molecule has 1 aliphatic heterocycles. The van der Waals surface area contributed by atoms with Crippen LogP contribution in [-0.4, -0.2) is 54.7 Å². The third kappa shape index (κ3) is 3.97. The summed E-state index contributed by atoms with van der Waals surface area (Å²) < 4.78 is 31.9. The lowest BCUT2D eigenvalue weighted by molar-refractivity contribution is 0.0730. The molecular weight excluding hydrogens is 392 g/mol. The molecule has 148 valence electrons. The number of imidazole rings is 1. The van der Waals surface area contributed by atoms with Crippen molar-refractivity contribution in [2.24, 2.45) is 5.10 Å². The molecule has 2 aromatic carbocycles. The van der Waals surface area contributed by atoms with Crippen LogP contribution in [0.2, 0.25) is 0 Å². The molecule has 10 heteroatoms. The van der Waals surface area contributed by atoms with Crippen LogP contribution < -0.4 is 5.43 Å². The summed E-state index contributed by atoms with van der Waals surface area (Å²) in [7, 11) is -3.55. The van der Waals surface area contributed by atoms with E-state index in [1.54, 1.807) is 12.1 Å². The van der Waals surface area contributed by atoms with Gasteiger partial charge >= 0.3 is 0 Å². The number of aromatic nitrogens is 2. The Bertz CT molecular complexity index is 1160. The lowest BCUT2D eigenvalue weighted by Crippen LogP contribution is -2.40. The maximum atomic E-state index is 12.6. The highest BCUT2D eigenvalue weighted by Crippen LogP contribution is 2.19. The average molecular weight is 410 g/mol. The first-order valence-electron chi connectivity index (χ1n) is 8.95. The number of morpholine rings is 1. The van der Waals surface area contributed by atoms with Crippen LogP contribution in [0.15, 0.2) is 58.5 Å². The Morgan fingerprint density at radius 3 is 2.59 bits per heavy atom. The Kier molecular flexibility index (Phi) is 5.26. The van der Waals surface area contributed by atoms with E-state index in [2.05, 4.69) is 20.5 Å². The van der Waals surface area contributed by atoms with Gasteiger partial charge in [0.2, 0.25) is 15.7 Å². The zero-order chi connectivity index (χ0) is 20.3. The first-order chi connectivity index (χ1) is 14.1. The number of para-hydroxylation sites is 2. The predicted octanol–water partition coefficient (Wildman–Crippen LogP) is 1.92. The van der Waals surface area contributed by atoms with Crippen molar-refractivity contribution in [3.8, 4) is 6.07 Å². The number of nitrogens with one attached hydrogen (secondary N) is 2. The molecule has 3 aromatic rings. The van der Waals surface area contributed by atoms with Crippen molar-refractivity contribution in [1.82, 2.24) is 14.3 Å². The normalized spacial score (nSPS) is 15.9. The van der Waals surface area contributed by atoms with Crippen molar-refractivity contribution in [3.63, 3.8) is 0 Å². The number of H-pyrrole nitrogens is 1. The molecule has 1 fully saturated rings. The van der Waals surface area contributed by atoms with Gasteiger partial charge in [-0.05, 0) is 36.4 Å². The van der Waals surface area contributed by atoms with Crippen LogP contribution in [0, 0.1) is 11.3 Å². The summed E-state index contributed by atoms with van der Waals surface area (Å²) >= 11 is 0. The minimum absolute atomic E-state index is 0.0891. The number of nitriles is 1. The molecule has 2 N–H and O–H groups in total. The maximum absolute atomic E-state index is 12.6. The van der Waals surface area contributed by atoms with Crippen LogP contribution >= 0.6 is 0 Å². The second-order valence-corrected chi connectivity index (χ2v) is 8.27. The van der Waals surface area contributed by atoms with Gasteiger partial charge in [0.15, 0.2) is 5.82 Å². The highest BCUT2D eigenvalue weighted by atomic mass is 32.2. The van der Waals surface area contributed by atoms with Gasteiger partial charge < -0.3 is 9.72 Å². The molecule has 9 nitrogen and oxygen atoms in total.